The van der Waals surface area contributed by atoms with Crippen LogP contribution in [0.25, 0.3) is 0 Å². The molecule has 1 heterocycles. The van der Waals surface area contributed by atoms with Gasteiger partial charge in [-0.3, -0.25) is 4.79 Å². The first-order chi connectivity index (χ1) is 9.53. The molecule has 0 radical (unpaired) electrons. The van der Waals surface area contributed by atoms with E-state index in [2.05, 4.69) is 10.0 Å². The molecule has 1 atom stereocenters. The number of esters is 1. The number of carbonyl (C=O) groups excluding carboxylic acids is 1. The molecule has 0 aromatic carbocycles. The number of hydrogen-bond acceptors (Lipinski definition) is 5. The molecule has 1 aliphatic rings. The fourth-order valence-corrected chi connectivity index (χ4v) is 3.58. The highest BCUT2D eigenvalue weighted by molar-refractivity contribution is 7.87. The molecule has 0 aliphatic carbocycles. The van der Waals surface area contributed by atoms with Crippen molar-refractivity contribution in [1.29, 1.82) is 0 Å². The van der Waals surface area contributed by atoms with Gasteiger partial charge in [0.1, 0.15) is 6.04 Å². The molecule has 20 heavy (non-hydrogen) atoms. The van der Waals surface area contributed by atoms with E-state index < -0.39 is 22.2 Å². The summed E-state index contributed by atoms with van der Waals surface area (Å²) in [5.74, 6) is -0.459. The third-order valence-corrected chi connectivity index (χ3v) is 4.71. The first kappa shape index (κ1) is 17.4. The molecule has 0 amide bonds. The van der Waals surface area contributed by atoms with Gasteiger partial charge in [-0.25, -0.2) is 4.72 Å². The SMILES string of the molecule is CCCNCCNS(=O)(=O)N1CCCC1C(=O)OCC. The van der Waals surface area contributed by atoms with Crippen LogP contribution in [-0.4, -0.2) is 57.5 Å². The van der Waals surface area contributed by atoms with E-state index in [1.54, 1.807) is 6.92 Å². The molecule has 0 bridgehead atoms. The van der Waals surface area contributed by atoms with Gasteiger partial charge in [-0.2, -0.15) is 12.7 Å². The van der Waals surface area contributed by atoms with Gasteiger partial charge in [-0.05, 0) is 32.7 Å². The summed E-state index contributed by atoms with van der Waals surface area (Å²) < 4.78 is 33.0. The van der Waals surface area contributed by atoms with Crippen molar-refractivity contribution in [2.75, 3.05) is 32.8 Å². The van der Waals surface area contributed by atoms with Crippen molar-refractivity contribution in [2.24, 2.45) is 0 Å². The Morgan fingerprint density at radius 2 is 2.05 bits per heavy atom. The van der Waals surface area contributed by atoms with Crippen LogP contribution in [0.3, 0.4) is 0 Å². The minimum absolute atomic E-state index is 0.261. The predicted octanol–water partition coefficient (Wildman–Crippen LogP) is -0.152. The Kier molecular flexibility index (Phi) is 7.42. The van der Waals surface area contributed by atoms with E-state index in [9.17, 15) is 13.2 Å². The maximum atomic E-state index is 12.2. The van der Waals surface area contributed by atoms with Crippen LogP contribution >= 0.6 is 0 Å². The molecule has 1 aliphatic heterocycles. The monoisotopic (exact) mass is 307 g/mol. The molecule has 1 fully saturated rings. The molecule has 0 aromatic rings. The summed E-state index contributed by atoms with van der Waals surface area (Å²) in [6.45, 7) is 6.13. The zero-order valence-corrected chi connectivity index (χ0v) is 13.0. The van der Waals surface area contributed by atoms with Crippen molar-refractivity contribution < 1.29 is 17.9 Å². The molecule has 1 saturated heterocycles. The molecule has 0 spiro atoms. The number of ether oxygens (including phenoxy) is 1. The molecule has 2 N–H and O–H groups in total. The van der Waals surface area contributed by atoms with Gasteiger partial charge in [0.05, 0.1) is 6.61 Å². The van der Waals surface area contributed by atoms with Crippen LogP contribution in [0.4, 0.5) is 0 Å². The third kappa shape index (κ3) is 5.01. The van der Waals surface area contributed by atoms with Crippen molar-refractivity contribution in [3.63, 3.8) is 0 Å². The van der Waals surface area contributed by atoms with Crippen LogP contribution in [0.1, 0.15) is 33.1 Å². The Balaban J connectivity index is 2.50. The molecule has 1 rings (SSSR count). The standard InChI is InChI=1S/C12H25N3O4S/c1-3-7-13-8-9-14-20(17,18)15-10-5-6-11(15)12(16)19-4-2/h11,13-14H,3-10H2,1-2H3. The topological polar surface area (TPSA) is 87.7 Å². The van der Waals surface area contributed by atoms with Crippen molar-refractivity contribution in [2.45, 2.75) is 39.2 Å². The van der Waals surface area contributed by atoms with Gasteiger partial charge in [0, 0.05) is 19.6 Å². The van der Waals surface area contributed by atoms with Crippen molar-refractivity contribution in [1.82, 2.24) is 14.3 Å². The lowest BCUT2D eigenvalue weighted by Crippen LogP contribution is -2.48. The van der Waals surface area contributed by atoms with E-state index in [1.807, 2.05) is 6.92 Å². The highest BCUT2D eigenvalue weighted by Gasteiger charge is 2.39. The average molecular weight is 307 g/mol. The van der Waals surface area contributed by atoms with Gasteiger partial charge in [-0.1, -0.05) is 6.92 Å². The van der Waals surface area contributed by atoms with E-state index in [0.717, 1.165) is 13.0 Å². The predicted molar refractivity (Wildman–Crippen MR) is 76.4 cm³/mol. The van der Waals surface area contributed by atoms with Crippen molar-refractivity contribution in [3.8, 4) is 0 Å². The van der Waals surface area contributed by atoms with Gasteiger partial charge >= 0.3 is 5.97 Å². The first-order valence-corrected chi connectivity index (χ1v) is 8.60. The Morgan fingerprint density at radius 3 is 2.70 bits per heavy atom. The van der Waals surface area contributed by atoms with E-state index in [4.69, 9.17) is 4.74 Å². The van der Waals surface area contributed by atoms with Gasteiger partial charge < -0.3 is 10.1 Å². The van der Waals surface area contributed by atoms with Crippen molar-refractivity contribution in [3.05, 3.63) is 0 Å². The highest BCUT2D eigenvalue weighted by Crippen LogP contribution is 2.21. The Labute approximate surface area is 121 Å². The first-order valence-electron chi connectivity index (χ1n) is 7.16. The number of carbonyl (C=O) groups is 1. The minimum Gasteiger partial charge on any atom is -0.465 e. The fourth-order valence-electron chi connectivity index (χ4n) is 2.15. The Morgan fingerprint density at radius 1 is 1.30 bits per heavy atom. The second-order valence-corrected chi connectivity index (χ2v) is 6.38. The van der Waals surface area contributed by atoms with Crippen molar-refractivity contribution >= 4 is 16.2 Å². The number of nitrogens with one attached hydrogen (secondary N) is 2. The van der Waals surface area contributed by atoms with E-state index in [1.165, 1.54) is 4.31 Å². The lowest BCUT2D eigenvalue weighted by Gasteiger charge is -2.22. The van der Waals surface area contributed by atoms with Crippen LogP contribution in [0.2, 0.25) is 0 Å². The Bertz CT molecular complexity index is 400. The average Bonchev–Trinajstić information content (AvgIpc) is 2.89. The maximum Gasteiger partial charge on any atom is 0.324 e. The molecule has 0 aromatic heterocycles. The highest BCUT2D eigenvalue weighted by atomic mass is 32.2. The van der Waals surface area contributed by atoms with Crippen LogP contribution in [0.15, 0.2) is 0 Å². The third-order valence-electron chi connectivity index (χ3n) is 3.08. The summed E-state index contributed by atoms with van der Waals surface area (Å²) >= 11 is 0. The lowest BCUT2D eigenvalue weighted by atomic mass is 10.2. The number of nitrogens with zero attached hydrogens (tertiary/aromatic N) is 1. The van der Waals surface area contributed by atoms with E-state index in [0.29, 0.717) is 32.5 Å². The van der Waals surface area contributed by atoms with E-state index >= 15 is 0 Å². The quantitative estimate of drug-likeness (QED) is 0.457. The molecule has 8 heteroatoms. The number of rotatable bonds is 9. The molecule has 1 unspecified atom stereocenters. The maximum absolute atomic E-state index is 12.2. The minimum atomic E-state index is -3.62. The second kappa shape index (κ2) is 8.56. The zero-order valence-electron chi connectivity index (χ0n) is 12.2. The largest absolute Gasteiger partial charge is 0.465 e. The fraction of sp³-hybridized carbons (Fsp3) is 0.917. The molecular formula is C12H25N3O4S. The van der Waals surface area contributed by atoms with Crippen LogP contribution in [0.5, 0.6) is 0 Å². The second-order valence-electron chi connectivity index (χ2n) is 4.67. The summed E-state index contributed by atoms with van der Waals surface area (Å²) in [5.41, 5.74) is 0. The van der Waals surface area contributed by atoms with Crippen LogP contribution in [-0.2, 0) is 19.7 Å². The summed E-state index contributed by atoms with van der Waals surface area (Å²) in [6.07, 6.45) is 2.20. The van der Waals surface area contributed by atoms with Crippen LogP contribution in [0, 0.1) is 0 Å². The van der Waals surface area contributed by atoms with Gasteiger partial charge in [0.25, 0.3) is 10.2 Å². The van der Waals surface area contributed by atoms with Gasteiger partial charge in [0.2, 0.25) is 0 Å². The lowest BCUT2D eigenvalue weighted by molar-refractivity contribution is -0.146. The number of hydrogen-bond donors (Lipinski definition) is 2. The smallest absolute Gasteiger partial charge is 0.324 e. The Hall–Kier alpha value is -0.700. The summed E-state index contributed by atoms with van der Waals surface area (Å²) in [5, 5.41) is 3.12. The van der Waals surface area contributed by atoms with Gasteiger partial charge in [-0.15, -0.1) is 0 Å². The zero-order chi connectivity index (χ0) is 15.0. The van der Waals surface area contributed by atoms with Gasteiger partial charge in [0.15, 0.2) is 0 Å². The normalized spacial score (nSPS) is 20.2. The molecular weight excluding hydrogens is 282 g/mol. The summed E-state index contributed by atoms with van der Waals surface area (Å²) in [7, 11) is -3.62. The van der Waals surface area contributed by atoms with Crippen LogP contribution < -0.4 is 10.0 Å². The summed E-state index contributed by atoms with van der Waals surface area (Å²) in [4.78, 5) is 11.7. The van der Waals surface area contributed by atoms with E-state index in [-0.39, 0.29) is 6.61 Å². The molecule has 0 saturated carbocycles. The molecule has 118 valence electrons. The summed E-state index contributed by atoms with van der Waals surface area (Å²) in [6, 6.07) is -0.684. The molecule has 7 nitrogen and oxygen atoms in total.